The SMILES string of the molecule is CCOc1cc(/C=C2\N=C(c3ccccc3C)OC2=O)ccc1OS(=O)(=O)c1ccccc1. The molecule has 0 saturated carbocycles. The fourth-order valence-corrected chi connectivity index (χ4v) is 4.16. The molecule has 7 nitrogen and oxygen atoms in total. The molecule has 0 radical (unpaired) electrons. The molecule has 0 N–H and O–H groups in total. The summed E-state index contributed by atoms with van der Waals surface area (Å²) in [7, 11) is -4.03. The molecule has 1 heterocycles. The summed E-state index contributed by atoms with van der Waals surface area (Å²) in [5.41, 5.74) is 2.37. The van der Waals surface area contributed by atoms with Crippen LogP contribution in [-0.4, -0.2) is 26.9 Å². The summed E-state index contributed by atoms with van der Waals surface area (Å²) in [4.78, 5) is 16.7. The third-order valence-electron chi connectivity index (χ3n) is 4.80. The number of carbonyl (C=O) groups excluding carboxylic acids is 1. The van der Waals surface area contributed by atoms with Gasteiger partial charge in [-0.1, -0.05) is 42.5 Å². The Balaban J connectivity index is 1.64. The lowest BCUT2D eigenvalue weighted by atomic mass is 10.1. The van der Waals surface area contributed by atoms with E-state index >= 15 is 0 Å². The summed E-state index contributed by atoms with van der Waals surface area (Å²) in [5, 5.41) is 0. The monoisotopic (exact) mass is 463 g/mol. The predicted molar refractivity (Wildman–Crippen MR) is 124 cm³/mol. The summed E-state index contributed by atoms with van der Waals surface area (Å²) in [6.07, 6.45) is 1.55. The molecule has 0 bridgehead atoms. The van der Waals surface area contributed by atoms with E-state index in [1.165, 1.54) is 18.2 Å². The molecule has 3 aromatic rings. The molecular formula is C25H21NO6S. The molecule has 3 aromatic carbocycles. The minimum Gasteiger partial charge on any atom is -0.490 e. The fraction of sp³-hybridized carbons (Fsp3) is 0.120. The highest BCUT2D eigenvalue weighted by Gasteiger charge is 2.25. The van der Waals surface area contributed by atoms with Gasteiger partial charge in [0.25, 0.3) is 0 Å². The van der Waals surface area contributed by atoms with Crippen LogP contribution in [0.15, 0.2) is 88.4 Å². The van der Waals surface area contributed by atoms with Crippen LogP contribution in [0, 0.1) is 6.92 Å². The number of esters is 1. The Morgan fingerprint density at radius 3 is 2.42 bits per heavy atom. The van der Waals surface area contributed by atoms with Crippen molar-refractivity contribution in [2.75, 3.05) is 6.61 Å². The van der Waals surface area contributed by atoms with Gasteiger partial charge in [0.05, 0.1) is 6.61 Å². The second-order valence-electron chi connectivity index (χ2n) is 7.14. The van der Waals surface area contributed by atoms with Crippen LogP contribution in [0.1, 0.15) is 23.6 Å². The Morgan fingerprint density at radius 2 is 1.70 bits per heavy atom. The molecule has 0 fully saturated rings. The molecule has 1 aliphatic heterocycles. The van der Waals surface area contributed by atoms with Gasteiger partial charge in [-0.05, 0) is 61.4 Å². The van der Waals surface area contributed by atoms with Crippen LogP contribution in [0.5, 0.6) is 11.5 Å². The van der Waals surface area contributed by atoms with Crippen molar-refractivity contribution < 1.29 is 26.9 Å². The van der Waals surface area contributed by atoms with Gasteiger partial charge < -0.3 is 13.7 Å². The number of benzene rings is 3. The third kappa shape index (κ3) is 4.96. The van der Waals surface area contributed by atoms with Crippen molar-refractivity contribution in [2.24, 2.45) is 4.99 Å². The molecule has 0 aromatic heterocycles. The number of cyclic esters (lactones) is 1. The standard InChI is InChI=1S/C25H21NO6S/c1-3-30-23-16-18(13-14-22(23)32-33(28,29)19-10-5-4-6-11-19)15-21-25(27)31-24(26-21)20-12-8-7-9-17(20)2/h4-16H,3H2,1-2H3/b21-15-. The number of aryl methyl sites for hydroxylation is 1. The first-order valence-corrected chi connectivity index (χ1v) is 11.6. The molecule has 1 aliphatic rings. The molecule has 4 rings (SSSR count). The molecule has 0 saturated heterocycles. The fourth-order valence-electron chi connectivity index (χ4n) is 3.20. The first-order valence-electron chi connectivity index (χ1n) is 10.2. The topological polar surface area (TPSA) is 91.3 Å². The van der Waals surface area contributed by atoms with E-state index in [-0.39, 0.29) is 28.0 Å². The van der Waals surface area contributed by atoms with Gasteiger partial charge in [0, 0.05) is 5.56 Å². The molecule has 0 spiro atoms. The van der Waals surface area contributed by atoms with Gasteiger partial charge in [0.15, 0.2) is 17.2 Å². The van der Waals surface area contributed by atoms with E-state index in [1.807, 2.05) is 31.2 Å². The van der Waals surface area contributed by atoms with Gasteiger partial charge in [-0.2, -0.15) is 8.42 Å². The van der Waals surface area contributed by atoms with Crippen molar-refractivity contribution in [3.63, 3.8) is 0 Å². The second kappa shape index (κ2) is 9.30. The first-order chi connectivity index (χ1) is 15.9. The van der Waals surface area contributed by atoms with Crippen molar-refractivity contribution in [1.82, 2.24) is 0 Å². The highest BCUT2D eigenvalue weighted by Crippen LogP contribution is 2.32. The highest BCUT2D eigenvalue weighted by molar-refractivity contribution is 7.87. The van der Waals surface area contributed by atoms with E-state index in [0.717, 1.165) is 11.1 Å². The number of rotatable bonds is 7. The molecule has 8 heteroatoms. The Hall–Kier alpha value is -3.91. The molecular weight excluding hydrogens is 442 g/mol. The average Bonchev–Trinajstić information content (AvgIpc) is 3.16. The molecule has 168 valence electrons. The number of carbonyl (C=O) groups is 1. The lowest BCUT2D eigenvalue weighted by Crippen LogP contribution is -2.10. The Bertz CT molecular complexity index is 1360. The number of ether oxygens (including phenoxy) is 2. The van der Waals surface area contributed by atoms with Crippen LogP contribution >= 0.6 is 0 Å². The van der Waals surface area contributed by atoms with Crippen molar-refractivity contribution in [2.45, 2.75) is 18.7 Å². The zero-order valence-corrected chi connectivity index (χ0v) is 18.8. The van der Waals surface area contributed by atoms with E-state index in [1.54, 1.807) is 43.3 Å². The largest absolute Gasteiger partial charge is 0.490 e. The molecule has 0 amide bonds. The Morgan fingerprint density at radius 1 is 0.970 bits per heavy atom. The van der Waals surface area contributed by atoms with Crippen LogP contribution in [0.2, 0.25) is 0 Å². The average molecular weight is 464 g/mol. The number of nitrogens with zero attached hydrogens (tertiary/aromatic N) is 1. The lowest BCUT2D eigenvalue weighted by Gasteiger charge is -2.12. The van der Waals surface area contributed by atoms with Crippen LogP contribution in [0.25, 0.3) is 6.08 Å². The molecule has 0 unspecified atom stereocenters. The van der Waals surface area contributed by atoms with E-state index in [0.29, 0.717) is 12.2 Å². The van der Waals surface area contributed by atoms with Gasteiger partial charge in [-0.3, -0.25) is 0 Å². The van der Waals surface area contributed by atoms with Crippen LogP contribution in [-0.2, 0) is 19.6 Å². The maximum atomic E-state index is 12.6. The molecule has 0 aliphatic carbocycles. The van der Waals surface area contributed by atoms with Crippen LogP contribution in [0.3, 0.4) is 0 Å². The van der Waals surface area contributed by atoms with Gasteiger partial charge in [-0.15, -0.1) is 0 Å². The number of aliphatic imine (C=N–C) groups is 1. The Labute approximate surface area is 192 Å². The van der Waals surface area contributed by atoms with Gasteiger partial charge in [0.2, 0.25) is 5.90 Å². The van der Waals surface area contributed by atoms with Gasteiger partial charge in [0.1, 0.15) is 4.90 Å². The third-order valence-corrected chi connectivity index (χ3v) is 6.05. The van der Waals surface area contributed by atoms with Crippen molar-refractivity contribution >= 4 is 28.1 Å². The van der Waals surface area contributed by atoms with Gasteiger partial charge in [-0.25, -0.2) is 9.79 Å². The van der Waals surface area contributed by atoms with E-state index < -0.39 is 16.1 Å². The quantitative estimate of drug-likeness (QED) is 0.291. The maximum Gasteiger partial charge on any atom is 0.363 e. The highest BCUT2D eigenvalue weighted by atomic mass is 32.2. The zero-order valence-electron chi connectivity index (χ0n) is 18.0. The Kier molecular flexibility index (Phi) is 6.28. The lowest BCUT2D eigenvalue weighted by molar-refractivity contribution is -0.129. The smallest absolute Gasteiger partial charge is 0.363 e. The summed E-state index contributed by atoms with van der Waals surface area (Å²) in [5.74, 6) is -0.0664. The number of hydrogen-bond acceptors (Lipinski definition) is 7. The zero-order chi connectivity index (χ0) is 23.4. The van der Waals surface area contributed by atoms with Crippen molar-refractivity contribution in [1.29, 1.82) is 0 Å². The minimum absolute atomic E-state index is 0.0328. The van der Waals surface area contributed by atoms with E-state index in [4.69, 9.17) is 13.7 Å². The minimum atomic E-state index is -4.03. The molecule has 0 atom stereocenters. The maximum absolute atomic E-state index is 12.6. The second-order valence-corrected chi connectivity index (χ2v) is 8.69. The summed E-state index contributed by atoms with van der Waals surface area (Å²) >= 11 is 0. The first kappa shape index (κ1) is 22.3. The predicted octanol–water partition coefficient (Wildman–Crippen LogP) is 4.51. The summed E-state index contributed by atoms with van der Waals surface area (Å²) < 4.78 is 41.4. The molecule has 33 heavy (non-hydrogen) atoms. The number of hydrogen-bond donors (Lipinski definition) is 0. The van der Waals surface area contributed by atoms with Crippen LogP contribution in [0.4, 0.5) is 0 Å². The van der Waals surface area contributed by atoms with E-state index in [2.05, 4.69) is 4.99 Å². The summed E-state index contributed by atoms with van der Waals surface area (Å²) in [6, 6.07) is 20.0. The normalized spacial score (nSPS) is 14.7. The summed E-state index contributed by atoms with van der Waals surface area (Å²) in [6.45, 7) is 3.97. The van der Waals surface area contributed by atoms with Crippen LogP contribution < -0.4 is 8.92 Å². The van der Waals surface area contributed by atoms with Crippen molar-refractivity contribution in [3.8, 4) is 11.5 Å². The van der Waals surface area contributed by atoms with E-state index in [9.17, 15) is 13.2 Å². The van der Waals surface area contributed by atoms with Crippen molar-refractivity contribution in [3.05, 3.63) is 95.2 Å². The van der Waals surface area contributed by atoms with Gasteiger partial charge >= 0.3 is 16.1 Å².